The van der Waals surface area contributed by atoms with Crippen molar-refractivity contribution in [1.29, 1.82) is 0 Å². The van der Waals surface area contributed by atoms with Crippen LogP contribution in [0.2, 0.25) is 5.02 Å². The summed E-state index contributed by atoms with van der Waals surface area (Å²) in [6, 6.07) is 1.64. The molecular weight excluding hydrogens is 278 g/mol. The molecule has 2 aromatic heterocycles. The molecule has 1 aliphatic rings. The fraction of sp³-hybridized carbons (Fsp3) is 0.308. The summed E-state index contributed by atoms with van der Waals surface area (Å²) in [5.41, 5.74) is 0.494. The zero-order valence-corrected chi connectivity index (χ0v) is 11.8. The fourth-order valence-corrected chi connectivity index (χ4v) is 2.53. The summed E-state index contributed by atoms with van der Waals surface area (Å²) in [6.45, 7) is 1.93. The summed E-state index contributed by atoms with van der Waals surface area (Å²) >= 11 is 6.06. The number of pyridine rings is 1. The topological polar surface area (TPSA) is 63.1 Å². The Morgan fingerprint density at radius 3 is 3.00 bits per heavy atom. The van der Waals surface area contributed by atoms with Crippen molar-refractivity contribution in [2.75, 3.05) is 18.9 Å². The average molecular weight is 292 g/mol. The van der Waals surface area contributed by atoms with E-state index < -0.39 is 0 Å². The molecule has 1 N–H and O–H groups in total. The molecule has 0 saturated heterocycles. The second kappa shape index (κ2) is 5.13. The molecule has 0 bridgehead atoms. The molecule has 0 saturated carbocycles. The van der Waals surface area contributed by atoms with Gasteiger partial charge in [0.25, 0.3) is 5.91 Å². The Labute approximate surface area is 121 Å². The third-order valence-electron chi connectivity index (χ3n) is 3.36. The largest absolute Gasteiger partial charge is 0.372 e. The van der Waals surface area contributed by atoms with Crippen LogP contribution in [0.25, 0.3) is 0 Å². The molecule has 0 aromatic carbocycles. The van der Waals surface area contributed by atoms with Crippen molar-refractivity contribution in [3.63, 3.8) is 0 Å². The Morgan fingerprint density at radius 1 is 1.40 bits per heavy atom. The Balaban J connectivity index is 1.81. The highest BCUT2D eigenvalue weighted by atomic mass is 35.5. The lowest BCUT2D eigenvalue weighted by Gasteiger charge is -2.27. The molecule has 6 nitrogen and oxygen atoms in total. The van der Waals surface area contributed by atoms with E-state index in [2.05, 4.69) is 19.9 Å². The average Bonchev–Trinajstić information content (AvgIpc) is 2.93. The zero-order valence-electron chi connectivity index (χ0n) is 11.0. The number of imidazole rings is 1. The molecule has 0 radical (unpaired) electrons. The molecule has 0 unspecified atom stereocenters. The van der Waals surface area contributed by atoms with Gasteiger partial charge in [-0.25, -0.2) is 9.97 Å². The monoisotopic (exact) mass is 291 g/mol. The number of rotatable bonds is 2. The van der Waals surface area contributed by atoms with Crippen molar-refractivity contribution < 1.29 is 4.79 Å². The van der Waals surface area contributed by atoms with Crippen molar-refractivity contribution >= 4 is 23.3 Å². The molecule has 7 heteroatoms. The minimum Gasteiger partial charge on any atom is -0.372 e. The van der Waals surface area contributed by atoms with E-state index in [9.17, 15) is 4.79 Å². The lowest BCUT2D eigenvalue weighted by Crippen LogP contribution is -2.38. The van der Waals surface area contributed by atoms with Gasteiger partial charge in [-0.05, 0) is 6.07 Å². The molecule has 3 heterocycles. The molecule has 0 aliphatic carbocycles. The summed E-state index contributed by atoms with van der Waals surface area (Å²) in [5, 5.41) is 3.31. The van der Waals surface area contributed by atoms with E-state index in [4.69, 9.17) is 11.6 Å². The van der Waals surface area contributed by atoms with Gasteiger partial charge in [-0.1, -0.05) is 11.6 Å². The number of anilines is 1. The molecular formula is C13H14ClN5O. The van der Waals surface area contributed by atoms with Gasteiger partial charge in [0.1, 0.15) is 11.6 Å². The molecule has 1 amide bonds. The first-order chi connectivity index (χ1) is 9.69. The van der Waals surface area contributed by atoms with Crippen LogP contribution in [0.4, 0.5) is 5.82 Å². The van der Waals surface area contributed by atoms with E-state index in [1.54, 1.807) is 30.4 Å². The number of nitrogens with zero attached hydrogens (tertiary/aromatic N) is 4. The van der Waals surface area contributed by atoms with Crippen LogP contribution in [-0.2, 0) is 13.1 Å². The van der Waals surface area contributed by atoms with Gasteiger partial charge in [0.05, 0.1) is 17.1 Å². The summed E-state index contributed by atoms with van der Waals surface area (Å²) in [6.07, 6.45) is 5.22. The summed E-state index contributed by atoms with van der Waals surface area (Å²) in [7, 11) is 1.74. The van der Waals surface area contributed by atoms with Gasteiger partial charge >= 0.3 is 0 Å². The van der Waals surface area contributed by atoms with E-state index in [-0.39, 0.29) is 5.91 Å². The lowest BCUT2D eigenvalue weighted by molar-refractivity contribution is 0.0707. The van der Waals surface area contributed by atoms with Gasteiger partial charge in [0.2, 0.25) is 0 Å². The SMILES string of the molecule is CNc1ncc(C(=O)N2CCn3ccnc3C2)cc1Cl. The summed E-state index contributed by atoms with van der Waals surface area (Å²) in [4.78, 5) is 22.6. The van der Waals surface area contributed by atoms with E-state index in [0.717, 1.165) is 12.4 Å². The summed E-state index contributed by atoms with van der Waals surface area (Å²) < 4.78 is 2.05. The van der Waals surface area contributed by atoms with Crippen LogP contribution in [0.15, 0.2) is 24.7 Å². The van der Waals surface area contributed by atoms with Gasteiger partial charge in [-0.3, -0.25) is 4.79 Å². The van der Waals surface area contributed by atoms with Gasteiger partial charge in [0, 0.05) is 38.7 Å². The maximum Gasteiger partial charge on any atom is 0.255 e. The number of hydrogen-bond acceptors (Lipinski definition) is 4. The van der Waals surface area contributed by atoms with Crippen LogP contribution in [0.1, 0.15) is 16.2 Å². The quantitative estimate of drug-likeness (QED) is 0.913. The van der Waals surface area contributed by atoms with Crippen LogP contribution in [-0.4, -0.2) is 38.9 Å². The summed E-state index contributed by atoms with van der Waals surface area (Å²) in [5.74, 6) is 1.39. The number of nitrogens with one attached hydrogen (secondary N) is 1. The van der Waals surface area contributed by atoms with Crippen LogP contribution in [0.3, 0.4) is 0 Å². The van der Waals surface area contributed by atoms with E-state index >= 15 is 0 Å². The smallest absolute Gasteiger partial charge is 0.255 e. The standard InChI is InChI=1S/C13H14ClN5O/c1-15-12-10(14)6-9(7-17-12)13(20)19-5-4-18-3-2-16-11(18)8-19/h2-3,6-7H,4-5,8H2,1H3,(H,15,17). The normalized spacial score (nSPS) is 14.0. The number of halogens is 1. The number of fused-ring (bicyclic) bond motifs is 1. The van der Waals surface area contributed by atoms with E-state index in [1.807, 2.05) is 6.20 Å². The highest BCUT2D eigenvalue weighted by Gasteiger charge is 2.23. The first kappa shape index (κ1) is 12.9. The van der Waals surface area contributed by atoms with Gasteiger partial charge < -0.3 is 14.8 Å². The Hall–Kier alpha value is -2.08. The molecule has 0 fully saturated rings. The van der Waals surface area contributed by atoms with Crippen LogP contribution in [0, 0.1) is 0 Å². The number of carbonyl (C=O) groups excluding carboxylic acids is 1. The van der Waals surface area contributed by atoms with Crippen molar-refractivity contribution in [2.45, 2.75) is 13.1 Å². The minimum absolute atomic E-state index is 0.0729. The second-order valence-corrected chi connectivity index (χ2v) is 4.98. The number of aromatic nitrogens is 3. The molecule has 2 aromatic rings. The van der Waals surface area contributed by atoms with Gasteiger partial charge in [-0.2, -0.15) is 0 Å². The predicted molar refractivity (Wildman–Crippen MR) is 75.8 cm³/mol. The van der Waals surface area contributed by atoms with Crippen molar-refractivity contribution in [3.8, 4) is 0 Å². The fourth-order valence-electron chi connectivity index (χ4n) is 2.27. The number of carbonyl (C=O) groups is 1. The second-order valence-electron chi connectivity index (χ2n) is 4.57. The molecule has 0 spiro atoms. The van der Waals surface area contributed by atoms with E-state index in [1.165, 1.54) is 0 Å². The predicted octanol–water partition coefficient (Wildman–Crippen LogP) is 1.63. The van der Waals surface area contributed by atoms with Crippen molar-refractivity contribution in [1.82, 2.24) is 19.4 Å². The Kier molecular flexibility index (Phi) is 3.31. The molecule has 0 atom stereocenters. The van der Waals surface area contributed by atoms with E-state index in [0.29, 0.717) is 29.5 Å². The maximum atomic E-state index is 12.5. The molecule has 20 heavy (non-hydrogen) atoms. The van der Waals surface area contributed by atoms with Crippen LogP contribution >= 0.6 is 11.6 Å². The maximum absolute atomic E-state index is 12.5. The van der Waals surface area contributed by atoms with Crippen molar-refractivity contribution in [2.24, 2.45) is 0 Å². The van der Waals surface area contributed by atoms with Crippen LogP contribution in [0.5, 0.6) is 0 Å². The number of hydrogen-bond donors (Lipinski definition) is 1. The minimum atomic E-state index is -0.0729. The van der Waals surface area contributed by atoms with Crippen LogP contribution < -0.4 is 5.32 Å². The molecule has 104 valence electrons. The first-order valence-electron chi connectivity index (χ1n) is 6.31. The Morgan fingerprint density at radius 2 is 2.25 bits per heavy atom. The molecule has 3 rings (SSSR count). The highest BCUT2D eigenvalue weighted by molar-refractivity contribution is 6.33. The lowest BCUT2D eigenvalue weighted by atomic mass is 10.2. The number of amides is 1. The Bertz CT molecular complexity index is 654. The highest BCUT2D eigenvalue weighted by Crippen LogP contribution is 2.21. The third kappa shape index (κ3) is 2.22. The zero-order chi connectivity index (χ0) is 14.1. The first-order valence-corrected chi connectivity index (χ1v) is 6.69. The third-order valence-corrected chi connectivity index (χ3v) is 3.65. The van der Waals surface area contributed by atoms with Crippen molar-refractivity contribution in [3.05, 3.63) is 41.1 Å². The molecule has 1 aliphatic heterocycles. The van der Waals surface area contributed by atoms with Gasteiger partial charge in [0.15, 0.2) is 0 Å². The van der Waals surface area contributed by atoms with Gasteiger partial charge in [-0.15, -0.1) is 0 Å².